The van der Waals surface area contributed by atoms with E-state index >= 15 is 0 Å². The maximum absolute atomic E-state index is 12.7. The van der Waals surface area contributed by atoms with E-state index in [0.717, 1.165) is 27.4 Å². The highest BCUT2D eigenvalue weighted by molar-refractivity contribution is 7.89. The Morgan fingerprint density at radius 3 is 2.33 bits per heavy atom. The Kier molecular flexibility index (Phi) is 6.05. The molecule has 1 aliphatic rings. The summed E-state index contributed by atoms with van der Waals surface area (Å²) in [6.07, 6.45) is 0.824. The Bertz CT molecular complexity index is 1360. The summed E-state index contributed by atoms with van der Waals surface area (Å²) < 4.78 is 36.5. The van der Waals surface area contributed by atoms with Crippen molar-refractivity contribution in [3.8, 4) is 16.9 Å². The zero-order valence-electron chi connectivity index (χ0n) is 18.5. The third-order valence-corrected chi connectivity index (χ3v) is 7.45. The first-order valence-corrected chi connectivity index (χ1v) is 11.7. The molecular weight excluding hydrogens is 442 g/mol. The highest BCUT2D eigenvalue weighted by atomic mass is 32.2. The van der Waals surface area contributed by atoms with E-state index in [1.807, 2.05) is 30.3 Å². The molecule has 0 unspecified atom stereocenters. The number of sulfonamides is 1. The van der Waals surface area contributed by atoms with Gasteiger partial charge in [0.15, 0.2) is 12.4 Å². The van der Waals surface area contributed by atoms with E-state index in [1.54, 1.807) is 6.07 Å². The minimum absolute atomic E-state index is 0.00639. The van der Waals surface area contributed by atoms with E-state index in [-0.39, 0.29) is 22.0 Å². The number of esters is 1. The maximum atomic E-state index is 12.7. The molecule has 0 radical (unpaired) electrons. The largest absolute Gasteiger partial charge is 0.495 e. The van der Waals surface area contributed by atoms with E-state index in [9.17, 15) is 18.0 Å². The number of ether oxygens (including phenoxy) is 2. The summed E-state index contributed by atoms with van der Waals surface area (Å²) in [4.78, 5) is 25.1. The number of fused-ring (bicyclic) bond motifs is 3. The van der Waals surface area contributed by atoms with E-state index in [4.69, 9.17) is 9.47 Å². The van der Waals surface area contributed by atoms with Gasteiger partial charge in [0.25, 0.3) is 0 Å². The van der Waals surface area contributed by atoms with E-state index < -0.39 is 22.6 Å². The van der Waals surface area contributed by atoms with Crippen molar-refractivity contribution in [3.05, 3.63) is 82.9 Å². The molecule has 8 heteroatoms. The number of ketones is 1. The molecule has 33 heavy (non-hydrogen) atoms. The second kappa shape index (κ2) is 8.80. The third kappa shape index (κ3) is 4.27. The van der Waals surface area contributed by atoms with Crippen molar-refractivity contribution in [3.63, 3.8) is 0 Å². The summed E-state index contributed by atoms with van der Waals surface area (Å²) in [7, 11) is 0.261. The minimum atomic E-state index is -3.85. The van der Waals surface area contributed by atoms with Gasteiger partial charge < -0.3 is 9.47 Å². The molecule has 3 aromatic rings. The minimum Gasteiger partial charge on any atom is -0.495 e. The van der Waals surface area contributed by atoms with Crippen LogP contribution in [0.4, 0.5) is 0 Å². The SMILES string of the molecule is COc1ccc(C(=O)OCC(=O)c2ccc3c(c2)-c2ccccc2C3)cc1S(=O)(=O)N(C)C. The van der Waals surface area contributed by atoms with Crippen molar-refractivity contribution in [2.45, 2.75) is 11.3 Å². The van der Waals surface area contributed by atoms with Gasteiger partial charge in [-0.25, -0.2) is 17.5 Å². The molecule has 0 N–H and O–H groups in total. The Morgan fingerprint density at radius 2 is 1.61 bits per heavy atom. The van der Waals surface area contributed by atoms with Crippen molar-refractivity contribution in [2.24, 2.45) is 0 Å². The van der Waals surface area contributed by atoms with Gasteiger partial charge in [0, 0.05) is 19.7 Å². The van der Waals surface area contributed by atoms with E-state index in [2.05, 4.69) is 6.07 Å². The van der Waals surface area contributed by atoms with Gasteiger partial charge in [0.1, 0.15) is 10.6 Å². The fraction of sp³-hybridized carbons (Fsp3) is 0.200. The Hall–Kier alpha value is -3.49. The van der Waals surface area contributed by atoms with Crippen LogP contribution in [0.3, 0.4) is 0 Å². The number of Topliss-reactive ketones (excluding diaryl/α,β-unsaturated/α-hetero) is 1. The van der Waals surface area contributed by atoms with Gasteiger partial charge in [-0.15, -0.1) is 0 Å². The van der Waals surface area contributed by atoms with Crippen molar-refractivity contribution in [1.82, 2.24) is 4.31 Å². The van der Waals surface area contributed by atoms with Gasteiger partial charge in [-0.05, 0) is 52.9 Å². The second-order valence-electron chi connectivity index (χ2n) is 7.86. The van der Waals surface area contributed by atoms with Crippen LogP contribution >= 0.6 is 0 Å². The number of carbonyl (C=O) groups excluding carboxylic acids is 2. The molecule has 0 amide bonds. The van der Waals surface area contributed by atoms with Gasteiger partial charge in [-0.3, -0.25) is 4.79 Å². The van der Waals surface area contributed by atoms with Crippen LogP contribution in [0.25, 0.3) is 11.1 Å². The quantitative estimate of drug-likeness (QED) is 0.306. The average molecular weight is 466 g/mol. The van der Waals surface area contributed by atoms with Crippen LogP contribution in [0.5, 0.6) is 5.75 Å². The molecule has 0 saturated heterocycles. The lowest BCUT2D eigenvalue weighted by molar-refractivity contribution is 0.0474. The molecule has 0 fully saturated rings. The van der Waals surface area contributed by atoms with Crippen molar-refractivity contribution in [1.29, 1.82) is 0 Å². The molecule has 7 nitrogen and oxygen atoms in total. The molecule has 0 heterocycles. The fourth-order valence-electron chi connectivity index (χ4n) is 3.80. The summed E-state index contributed by atoms with van der Waals surface area (Å²) in [5, 5.41) is 0. The van der Waals surface area contributed by atoms with Crippen LogP contribution < -0.4 is 4.74 Å². The summed E-state index contributed by atoms with van der Waals surface area (Å²) in [6, 6.07) is 17.5. The van der Waals surface area contributed by atoms with E-state index in [1.165, 1.54) is 45.0 Å². The van der Waals surface area contributed by atoms with Crippen LogP contribution in [0.15, 0.2) is 65.6 Å². The number of carbonyl (C=O) groups is 2. The lowest BCUT2D eigenvalue weighted by Crippen LogP contribution is -2.23. The Labute approximate surface area is 192 Å². The molecule has 3 aromatic carbocycles. The molecule has 0 aliphatic heterocycles. The highest BCUT2D eigenvalue weighted by Crippen LogP contribution is 2.37. The molecule has 4 rings (SSSR count). The highest BCUT2D eigenvalue weighted by Gasteiger charge is 2.25. The number of rotatable bonds is 7. The first kappa shape index (κ1) is 22.7. The lowest BCUT2D eigenvalue weighted by Gasteiger charge is -2.15. The van der Waals surface area contributed by atoms with Gasteiger partial charge in [-0.1, -0.05) is 36.4 Å². The molecular formula is C25H23NO6S. The molecule has 0 spiro atoms. The van der Waals surface area contributed by atoms with Gasteiger partial charge in [0.05, 0.1) is 12.7 Å². The van der Waals surface area contributed by atoms with Gasteiger partial charge >= 0.3 is 5.97 Å². The smallest absolute Gasteiger partial charge is 0.338 e. The van der Waals surface area contributed by atoms with Gasteiger partial charge in [-0.2, -0.15) is 0 Å². The number of methoxy groups -OCH3 is 1. The normalized spacial score (nSPS) is 12.2. The standard InChI is InChI=1S/C25H23NO6S/c1-26(2)33(29,30)24-14-19(10-11-23(24)31-3)25(28)32-15-22(27)18-9-8-17-12-16-6-4-5-7-20(16)21(17)13-18/h4-11,13-14H,12,15H2,1-3H3. The zero-order chi connectivity index (χ0) is 23.8. The topological polar surface area (TPSA) is 90.0 Å². The van der Waals surface area contributed by atoms with Crippen molar-refractivity contribution < 1.29 is 27.5 Å². The summed E-state index contributed by atoms with van der Waals surface area (Å²) >= 11 is 0. The number of hydrogen-bond acceptors (Lipinski definition) is 6. The predicted octanol–water partition coefficient (Wildman–Crippen LogP) is 3.56. The lowest BCUT2D eigenvalue weighted by atomic mass is 10.0. The maximum Gasteiger partial charge on any atom is 0.338 e. The molecule has 0 atom stereocenters. The number of hydrogen-bond donors (Lipinski definition) is 0. The van der Waals surface area contributed by atoms with E-state index in [0.29, 0.717) is 5.56 Å². The first-order valence-electron chi connectivity index (χ1n) is 10.2. The third-order valence-electron chi connectivity index (χ3n) is 5.61. The van der Waals surface area contributed by atoms with Crippen LogP contribution in [0.2, 0.25) is 0 Å². The molecule has 170 valence electrons. The van der Waals surface area contributed by atoms with Crippen LogP contribution in [0, 0.1) is 0 Å². The summed E-state index contributed by atoms with van der Waals surface area (Å²) in [5.74, 6) is -1.03. The first-order chi connectivity index (χ1) is 15.7. The predicted molar refractivity (Wildman–Crippen MR) is 123 cm³/mol. The average Bonchev–Trinajstić information content (AvgIpc) is 3.19. The molecule has 0 bridgehead atoms. The Balaban J connectivity index is 1.51. The molecule has 0 saturated carbocycles. The van der Waals surface area contributed by atoms with Crippen LogP contribution in [-0.4, -0.2) is 52.3 Å². The summed E-state index contributed by atoms with van der Waals surface area (Å²) in [5.41, 5.74) is 4.93. The van der Waals surface area contributed by atoms with Crippen molar-refractivity contribution >= 4 is 21.8 Å². The molecule has 0 aromatic heterocycles. The molecule has 1 aliphatic carbocycles. The zero-order valence-corrected chi connectivity index (χ0v) is 19.3. The van der Waals surface area contributed by atoms with Crippen LogP contribution in [0.1, 0.15) is 31.8 Å². The fourth-order valence-corrected chi connectivity index (χ4v) is 4.87. The monoisotopic (exact) mass is 465 g/mol. The van der Waals surface area contributed by atoms with Crippen LogP contribution in [-0.2, 0) is 21.2 Å². The second-order valence-corrected chi connectivity index (χ2v) is 9.98. The number of nitrogens with zero attached hydrogens (tertiary/aromatic N) is 1. The van der Waals surface area contributed by atoms with Crippen molar-refractivity contribution in [2.75, 3.05) is 27.8 Å². The summed E-state index contributed by atoms with van der Waals surface area (Å²) in [6.45, 7) is -0.457. The number of benzene rings is 3. The van der Waals surface area contributed by atoms with Gasteiger partial charge in [0.2, 0.25) is 10.0 Å². The Morgan fingerprint density at radius 1 is 0.909 bits per heavy atom.